The number of hydrogen-bond donors (Lipinski definition) is 0. The molecule has 21 heavy (non-hydrogen) atoms. The molecule has 2 aliphatic rings. The predicted molar refractivity (Wildman–Crippen MR) is 85.8 cm³/mol. The Hall–Kier alpha value is -2.00. The molecule has 2 heterocycles. The van der Waals surface area contributed by atoms with Crippen LogP contribution in [0.3, 0.4) is 0 Å². The van der Waals surface area contributed by atoms with Gasteiger partial charge in [0, 0.05) is 18.7 Å². The third-order valence-corrected chi connectivity index (χ3v) is 3.91. The smallest absolute Gasteiger partial charge is 0.127 e. The van der Waals surface area contributed by atoms with Crippen LogP contribution in [0.1, 0.15) is 12.0 Å². The number of hydrogen-bond acceptors (Lipinski definition) is 3. The second-order valence-corrected chi connectivity index (χ2v) is 5.54. The maximum atomic E-state index is 5.79. The fourth-order valence-electron chi connectivity index (χ4n) is 2.55. The van der Waals surface area contributed by atoms with E-state index in [1.54, 1.807) is 7.11 Å². The van der Waals surface area contributed by atoms with E-state index in [1.165, 1.54) is 11.1 Å². The largest absolute Gasteiger partial charge is 0.497 e. The highest BCUT2D eigenvalue weighted by molar-refractivity contribution is 5.66. The minimum Gasteiger partial charge on any atom is -0.497 e. The highest BCUT2D eigenvalue weighted by Crippen LogP contribution is 2.30. The van der Waals surface area contributed by atoms with Crippen molar-refractivity contribution in [3.8, 4) is 11.5 Å². The van der Waals surface area contributed by atoms with Crippen molar-refractivity contribution < 1.29 is 9.47 Å². The zero-order chi connectivity index (χ0) is 14.7. The molecule has 0 amide bonds. The molecule has 3 heteroatoms. The van der Waals surface area contributed by atoms with E-state index in [9.17, 15) is 0 Å². The highest BCUT2D eigenvalue weighted by atomic mass is 16.5. The maximum absolute atomic E-state index is 5.79. The zero-order valence-corrected chi connectivity index (χ0v) is 12.6. The summed E-state index contributed by atoms with van der Waals surface area (Å²) >= 11 is 0. The van der Waals surface area contributed by atoms with Gasteiger partial charge in [0.25, 0.3) is 0 Å². The SMILES string of the molecule is COc1ccc2c(c1)C=C(/C=C/C1=CCN(C)CC1)CO2. The first kappa shape index (κ1) is 14.0. The van der Waals surface area contributed by atoms with E-state index in [4.69, 9.17) is 9.47 Å². The summed E-state index contributed by atoms with van der Waals surface area (Å²) in [5.74, 6) is 1.78. The van der Waals surface area contributed by atoms with Gasteiger partial charge in [-0.1, -0.05) is 18.2 Å². The Morgan fingerprint density at radius 1 is 1.24 bits per heavy atom. The minimum atomic E-state index is 0.628. The highest BCUT2D eigenvalue weighted by Gasteiger charge is 2.11. The first-order chi connectivity index (χ1) is 10.2. The number of ether oxygens (including phenoxy) is 2. The first-order valence-electron chi connectivity index (χ1n) is 7.31. The molecule has 0 unspecified atom stereocenters. The fourth-order valence-corrected chi connectivity index (χ4v) is 2.55. The molecule has 3 rings (SSSR count). The van der Waals surface area contributed by atoms with E-state index in [2.05, 4.69) is 36.3 Å². The Kier molecular flexibility index (Phi) is 4.11. The molecule has 3 nitrogen and oxygen atoms in total. The van der Waals surface area contributed by atoms with Gasteiger partial charge < -0.3 is 14.4 Å². The summed E-state index contributed by atoms with van der Waals surface area (Å²) in [6.07, 6.45) is 9.97. The third-order valence-electron chi connectivity index (χ3n) is 3.91. The fraction of sp³-hybridized carbons (Fsp3) is 0.333. The molecule has 0 spiro atoms. The van der Waals surface area contributed by atoms with Crippen LogP contribution in [0.2, 0.25) is 0 Å². The number of benzene rings is 1. The summed E-state index contributed by atoms with van der Waals surface area (Å²) in [5.41, 5.74) is 3.68. The minimum absolute atomic E-state index is 0.628. The normalized spacial score (nSPS) is 18.8. The first-order valence-corrected chi connectivity index (χ1v) is 7.31. The van der Waals surface area contributed by atoms with Crippen LogP contribution in [-0.2, 0) is 0 Å². The zero-order valence-electron chi connectivity index (χ0n) is 12.6. The second kappa shape index (κ2) is 6.19. The van der Waals surface area contributed by atoms with Gasteiger partial charge in [-0.2, -0.15) is 0 Å². The van der Waals surface area contributed by atoms with Gasteiger partial charge in [0.05, 0.1) is 7.11 Å². The summed E-state index contributed by atoms with van der Waals surface area (Å²) in [6, 6.07) is 5.90. The molecule has 1 aromatic carbocycles. The molecule has 1 aromatic rings. The van der Waals surface area contributed by atoms with Crippen molar-refractivity contribution in [2.24, 2.45) is 0 Å². The molecule has 0 saturated heterocycles. The van der Waals surface area contributed by atoms with Crippen LogP contribution < -0.4 is 9.47 Å². The third kappa shape index (κ3) is 3.37. The van der Waals surface area contributed by atoms with Crippen molar-refractivity contribution in [1.82, 2.24) is 4.90 Å². The van der Waals surface area contributed by atoms with E-state index in [1.807, 2.05) is 18.2 Å². The number of allylic oxidation sites excluding steroid dienone is 1. The molecule has 0 radical (unpaired) electrons. The van der Waals surface area contributed by atoms with Gasteiger partial charge in [-0.3, -0.25) is 0 Å². The Bertz CT molecular complexity index is 614. The average molecular weight is 283 g/mol. The summed E-state index contributed by atoms with van der Waals surface area (Å²) in [7, 11) is 3.83. The van der Waals surface area contributed by atoms with Gasteiger partial charge in [0.1, 0.15) is 18.1 Å². The molecule has 2 aliphatic heterocycles. The van der Waals surface area contributed by atoms with Crippen LogP contribution in [-0.4, -0.2) is 38.8 Å². The van der Waals surface area contributed by atoms with Crippen molar-refractivity contribution in [2.75, 3.05) is 33.9 Å². The number of nitrogens with zero attached hydrogens (tertiary/aromatic N) is 1. The topological polar surface area (TPSA) is 21.7 Å². The van der Waals surface area contributed by atoms with Crippen LogP contribution >= 0.6 is 0 Å². The monoisotopic (exact) mass is 283 g/mol. The Morgan fingerprint density at radius 3 is 2.86 bits per heavy atom. The molecule has 0 aliphatic carbocycles. The van der Waals surface area contributed by atoms with Crippen LogP contribution in [0.5, 0.6) is 11.5 Å². The Balaban J connectivity index is 1.76. The molecule has 0 fully saturated rings. The van der Waals surface area contributed by atoms with Crippen molar-refractivity contribution in [2.45, 2.75) is 6.42 Å². The maximum Gasteiger partial charge on any atom is 0.127 e. The lowest BCUT2D eigenvalue weighted by Gasteiger charge is -2.20. The second-order valence-electron chi connectivity index (χ2n) is 5.54. The van der Waals surface area contributed by atoms with Crippen LogP contribution in [0, 0.1) is 0 Å². The standard InChI is InChI=1S/C18H21NO2/c1-19-9-7-14(8-10-19)3-4-15-11-16-12-17(20-2)5-6-18(16)21-13-15/h3-7,11-12H,8-10,13H2,1-2H3/b4-3+. The van der Waals surface area contributed by atoms with Crippen LogP contribution in [0.25, 0.3) is 6.08 Å². The summed E-state index contributed by atoms with van der Waals surface area (Å²) < 4.78 is 11.1. The lowest BCUT2D eigenvalue weighted by Crippen LogP contribution is -2.23. The van der Waals surface area contributed by atoms with Gasteiger partial charge in [-0.15, -0.1) is 0 Å². The summed E-state index contributed by atoms with van der Waals surface area (Å²) in [6.45, 7) is 2.80. The van der Waals surface area contributed by atoms with E-state index in [-0.39, 0.29) is 0 Å². The van der Waals surface area contributed by atoms with Crippen LogP contribution in [0.15, 0.2) is 47.6 Å². The van der Waals surface area contributed by atoms with Gasteiger partial charge in [0.2, 0.25) is 0 Å². The van der Waals surface area contributed by atoms with E-state index in [0.717, 1.165) is 36.6 Å². The molecule has 0 N–H and O–H groups in total. The molecular formula is C18H21NO2. The quantitative estimate of drug-likeness (QED) is 0.849. The number of fused-ring (bicyclic) bond motifs is 1. The predicted octanol–water partition coefficient (Wildman–Crippen LogP) is 3.29. The van der Waals surface area contributed by atoms with Gasteiger partial charge in [0.15, 0.2) is 0 Å². The number of methoxy groups -OCH3 is 1. The number of rotatable bonds is 3. The van der Waals surface area contributed by atoms with Crippen LogP contribution in [0.4, 0.5) is 0 Å². The molecule has 0 atom stereocenters. The van der Waals surface area contributed by atoms with Crippen molar-refractivity contribution in [1.29, 1.82) is 0 Å². The molecule has 0 aromatic heterocycles. The lowest BCUT2D eigenvalue weighted by atomic mass is 10.0. The molecule has 0 saturated carbocycles. The molecule has 0 bridgehead atoms. The molecule has 110 valence electrons. The van der Waals surface area contributed by atoms with E-state index >= 15 is 0 Å². The van der Waals surface area contributed by atoms with Gasteiger partial charge in [-0.05, 0) is 48.9 Å². The van der Waals surface area contributed by atoms with E-state index < -0.39 is 0 Å². The van der Waals surface area contributed by atoms with Crippen molar-refractivity contribution >= 4 is 6.08 Å². The van der Waals surface area contributed by atoms with Crippen molar-refractivity contribution in [3.05, 3.63) is 53.1 Å². The van der Waals surface area contributed by atoms with Crippen molar-refractivity contribution in [3.63, 3.8) is 0 Å². The average Bonchev–Trinajstić information content (AvgIpc) is 2.53. The van der Waals surface area contributed by atoms with Gasteiger partial charge >= 0.3 is 0 Å². The number of likely N-dealkylation sites (N-methyl/N-ethyl adjacent to an activating group) is 1. The summed E-state index contributed by atoms with van der Waals surface area (Å²) in [4.78, 5) is 2.32. The Labute approximate surface area is 126 Å². The lowest BCUT2D eigenvalue weighted by molar-refractivity contribution is 0.349. The Morgan fingerprint density at radius 2 is 2.10 bits per heavy atom. The molecular weight excluding hydrogens is 262 g/mol. The summed E-state index contributed by atoms with van der Waals surface area (Å²) in [5, 5.41) is 0. The van der Waals surface area contributed by atoms with E-state index in [0.29, 0.717) is 6.61 Å². The van der Waals surface area contributed by atoms with Gasteiger partial charge in [-0.25, -0.2) is 0 Å².